The van der Waals surface area contributed by atoms with Crippen molar-refractivity contribution in [2.24, 2.45) is 5.73 Å². The van der Waals surface area contributed by atoms with Crippen molar-refractivity contribution >= 4 is 0 Å². The van der Waals surface area contributed by atoms with Crippen LogP contribution in [0.1, 0.15) is 18.5 Å². The molecule has 1 aliphatic rings. The fourth-order valence-corrected chi connectivity index (χ4v) is 2.73. The molecule has 2 unspecified atom stereocenters. The van der Waals surface area contributed by atoms with E-state index in [9.17, 15) is 0 Å². The van der Waals surface area contributed by atoms with Gasteiger partial charge in [-0.25, -0.2) is 0 Å². The molecular formula is C15H24N2O3. The zero-order valence-electron chi connectivity index (χ0n) is 12.5. The summed E-state index contributed by atoms with van der Waals surface area (Å²) in [5, 5.41) is 0. The van der Waals surface area contributed by atoms with Gasteiger partial charge in [-0.3, -0.25) is 4.90 Å². The van der Waals surface area contributed by atoms with E-state index in [4.69, 9.17) is 19.9 Å². The van der Waals surface area contributed by atoms with E-state index < -0.39 is 0 Å². The van der Waals surface area contributed by atoms with Crippen LogP contribution >= 0.6 is 0 Å². The van der Waals surface area contributed by atoms with Gasteiger partial charge in [0.05, 0.1) is 27.4 Å². The molecule has 1 aromatic rings. The monoisotopic (exact) mass is 280 g/mol. The van der Waals surface area contributed by atoms with Gasteiger partial charge < -0.3 is 19.9 Å². The van der Waals surface area contributed by atoms with E-state index in [-0.39, 0.29) is 6.04 Å². The zero-order valence-corrected chi connectivity index (χ0v) is 12.5. The SMILES string of the molecule is COc1ccc(C(CN)N2CCOCC2C)cc1OC. The molecule has 0 bridgehead atoms. The van der Waals surface area contributed by atoms with Crippen LogP contribution in [0.3, 0.4) is 0 Å². The molecule has 20 heavy (non-hydrogen) atoms. The first-order chi connectivity index (χ1) is 9.71. The maximum absolute atomic E-state index is 6.01. The van der Waals surface area contributed by atoms with Gasteiger partial charge in [-0.2, -0.15) is 0 Å². The molecule has 0 aliphatic carbocycles. The van der Waals surface area contributed by atoms with Gasteiger partial charge in [0.2, 0.25) is 0 Å². The number of benzene rings is 1. The van der Waals surface area contributed by atoms with Gasteiger partial charge in [-0.15, -0.1) is 0 Å². The Labute approximate surface area is 120 Å². The number of rotatable bonds is 5. The second-order valence-electron chi connectivity index (χ2n) is 5.03. The summed E-state index contributed by atoms with van der Waals surface area (Å²) in [5.41, 5.74) is 7.16. The molecule has 1 heterocycles. The molecule has 112 valence electrons. The van der Waals surface area contributed by atoms with Gasteiger partial charge in [0.1, 0.15) is 0 Å². The molecular weight excluding hydrogens is 256 g/mol. The summed E-state index contributed by atoms with van der Waals surface area (Å²) in [7, 11) is 3.29. The van der Waals surface area contributed by atoms with Gasteiger partial charge >= 0.3 is 0 Å². The van der Waals surface area contributed by atoms with Crippen molar-refractivity contribution < 1.29 is 14.2 Å². The second-order valence-corrected chi connectivity index (χ2v) is 5.03. The standard InChI is InChI=1S/C15H24N2O3/c1-11-10-20-7-6-17(11)13(9-16)12-4-5-14(18-2)15(8-12)19-3/h4-5,8,11,13H,6-7,9-10,16H2,1-3H3. The van der Waals surface area contributed by atoms with Crippen molar-refractivity contribution in [3.63, 3.8) is 0 Å². The molecule has 0 saturated carbocycles. The molecule has 2 rings (SSSR count). The fourth-order valence-electron chi connectivity index (χ4n) is 2.73. The van der Waals surface area contributed by atoms with E-state index in [2.05, 4.69) is 17.9 Å². The van der Waals surface area contributed by atoms with Crippen LogP contribution in [0.15, 0.2) is 18.2 Å². The summed E-state index contributed by atoms with van der Waals surface area (Å²) in [6.07, 6.45) is 0. The van der Waals surface area contributed by atoms with Crippen LogP contribution in [-0.2, 0) is 4.74 Å². The summed E-state index contributed by atoms with van der Waals surface area (Å²) in [6, 6.07) is 6.54. The predicted octanol–water partition coefficient (Wildman–Crippen LogP) is 1.42. The summed E-state index contributed by atoms with van der Waals surface area (Å²) in [6.45, 7) is 5.15. The molecule has 1 saturated heterocycles. The molecule has 2 atom stereocenters. The van der Waals surface area contributed by atoms with Gasteiger partial charge in [-0.1, -0.05) is 6.07 Å². The van der Waals surface area contributed by atoms with Gasteiger partial charge in [0.25, 0.3) is 0 Å². The summed E-state index contributed by atoms with van der Waals surface area (Å²) in [5.74, 6) is 1.48. The molecule has 1 aromatic carbocycles. The molecule has 0 aromatic heterocycles. The highest BCUT2D eigenvalue weighted by molar-refractivity contribution is 5.44. The molecule has 5 heteroatoms. The van der Waals surface area contributed by atoms with Crippen molar-refractivity contribution in [2.75, 3.05) is 40.5 Å². The van der Waals surface area contributed by atoms with Gasteiger partial charge in [0.15, 0.2) is 11.5 Å². The molecule has 1 fully saturated rings. The molecule has 0 amide bonds. The number of ether oxygens (including phenoxy) is 3. The Hall–Kier alpha value is -1.30. The lowest BCUT2D eigenvalue weighted by Gasteiger charge is -2.39. The van der Waals surface area contributed by atoms with Crippen LogP contribution in [0, 0.1) is 0 Å². The third kappa shape index (κ3) is 3.06. The topological polar surface area (TPSA) is 57.0 Å². The van der Waals surface area contributed by atoms with E-state index in [0.717, 1.165) is 36.8 Å². The van der Waals surface area contributed by atoms with E-state index in [1.165, 1.54) is 0 Å². The van der Waals surface area contributed by atoms with Crippen molar-refractivity contribution in [1.82, 2.24) is 4.90 Å². The normalized spacial score (nSPS) is 21.5. The minimum Gasteiger partial charge on any atom is -0.493 e. The predicted molar refractivity (Wildman–Crippen MR) is 78.3 cm³/mol. The van der Waals surface area contributed by atoms with Crippen molar-refractivity contribution in [1.29, 1.82) is 0 Å². The largest absolute Gasteiger partial charge is 0.493 e. The van der Waals surface area contributed by atoms with Gasteiger partial charge in [-0.05, 0) is 24.6 Å². The number of nitrogens with two attached hydrogens (primary N) is 1. The van der Waals surface area contributed by atoms with E-state index in [1.807, 2.05) is 12.1 Å². The van der Waals surface area contributed by atoms with Crippen LogP contribution in [0.5, 0.6) is 11.5 Å². The van der Waals surface area contributed by atoms with Crippen molar-refractivity contribution in [3.05, 3.63) is 23.8 Å². The third-order valence-electron chi connectivity index (χ3n) is 3.83. The Kier molecular flexibility index (Phi) is 5.23. The van der Waals surface area contributed by atoms with Crippen LogP contribution in [0.25, 0.3) is 0 Å². The maximum atomic E-state index is 6.01. The lowest BCUT2D eigenvalue weighted by Crippen LogP contribution is -2.47. The summed E-state index contributed by atoms with van der Waals surface area (Å²) >= 11 is 0. The first-order valence-corrected chi connectivity index (χ1v) is 6.96. The van der Waals surface area contributed by atoms with E-state index in [0.29, 0.717) is 12.6 Å². The van der Waals surface area contributed by atoms with Crippen molar-refractivity contribution in [3.8, 4) is 11.5 Å². The van der Waals surface area contributed by atoms with Crippen LogP contribution in [-0.4, -0.2) is 51.5 Å². The van der Waals surface area contributed by atoms with Gasteiger partial charge in [0, 0.05) is 25.2 Å². The lowest BCUT2D eigenvalue weighted by atomic mass is 10.0. The summed E-state index contributed by atoms with van der Waals surface area (Å²) < 4.78 is 16.2. The Morgan fingerprint density at radius 3 is 2.70 bits per heavy atom. The number of nitrogens with zero attached hydrogens (tertiary/aromatic N) is 1. The molecule has 2 N–H and O–H groups in total. The van der Waals surface area contributed by atoms with Crippen LogP contribution < -0.4 is 15.2 Å². The number of hydrogen-bond donors (Lipinski definition) is 1. The number of hydrogen-bond acceptors (Lipinski definition) is 5. The van der Waals surface area contributed by atoms with Crippen molar-refractivity contribution in [2.45, 2.75) is 19.0 Å². The molecule has 0 radical (unpaired) electrons. The van der Waals surface area contributed by atoms with E-state index in [1.54, 1.807) is 14.2 Å². The first-order valence-electron chi connectivity index (χ1n) is 6.96. The molecule has 0 spiro atoms. The quantitative estimate of drug-likeness (QED) is 0.884. The zero-order chi connectivity index (χ0) is 14.5. The maximum Gasteiger partial charge on any atom is 0.161 e. The van der Waals surface area contributed by atoms with Crippen LogP contribution in [0.2, 0.25) is 0 Å². The minimum atomic E-state index is 0.175. The Balaban J connectivity index is 2.26. The fraction of sp³-hybridized carbons (Fsp3) is 0.600. The average Bonchev–Trinajstić information content (AvgIpc) is 2.49. The molecule has 5 nitrogen and oxygen atoms in total. The first kappa shape index (κ1) is 15.1. The Bertz CT molecular complexity index is 439. The highest BCUT2D eigenvalue weighted by atomic mass is 16.5. The Morgan fingerprint density at radius 2 is 2.10 bits per heavy atom. The summed E-state index contributed by atoms with van der Waals surface area (Å²) in [4.78, 5) is 2.39. The lowest BCUT2D eigenvalue weighted by molar-refractivity contribution is -0.0209. The number of morpholine rings is 1. The van der Waals surface area contributed by atoms with E-state index >= 15 is 0 Å². The number of methoxy groups -OCH3 is 2. The smallest absolute Gasteiger partial charge is 0.161 e. The second kappa shape index (κ2) is 6.92. The van der Waals surface area contributed by atoms with Crippen LogP contribution in [0.4, 0.5) is 0 Å². The minimum absolute atomic E-state index is 0.175. The average molecular weight is 280 g/mol. The molecule has 1 aliphatic heterocycles. The third-order valence-corrected chi connectivity index (χ3v) is 3.83. The highest BCUT2D eigenvalue weighted by Gasteiger charge is 2.27. The highest BCUT2D eigenvalue weighted by Crippen LogP contribution is 2.32. The Morgan fingerprint density at radius 1 is 1.35 bits per heavy atom.